The molecule has 2 aromatic rings. The molecule has 0 saturated heterocycles. The van der Waals surface area contributed by atoms with Crippen molar-refractivity contribution in [2.45, 2.75) is 33.4 Å². The topological polar surface area (TPSA) is 94.5 Å². The number of aryl methyl sites for hydroxylation is 1. The van der Waals surface area contributed by atoms with Gasteiger partial charge in [0.15, 0.2) is 12.4 Å². The second-order valence-corrected chi connectivity index (χ2v) is 6.68. The number of hydrogen-bond acceptors (Lipinski definition) is 6. The molecule has 138 valence electrons. The highest BCUT2D eigenvalue weighted by Gasteiger charge is 2.14. The summed E-state index contributed by atoms with van der Waals surface area (Å²) in [7, 11) is 0. The van der Waals surface area contributed by atoms with Gasteiger partial charge in [0.2, 0.25) is 5.91 Å². The summed E-state index contributed by atoms with van der Waals surface area (Å²) in [5.41, 5.74) is 1.94. The van der Waals surface area contributed by atoms with E-state index in [2.05, 4.69) is 5.32 Å². The van der Waals surface area contributed by atoms with E-state index >= 15 is 0 Å². The molecule has 0 aliphatic heterocycles. The number of Topliss-reactive ketones (excluding diaryl/α,β-unsaturated/α-hetero) is 1. The van der Waals surface area contributed by atoms with Crippen molar-refractivity contribution in [2.75, 3.05) is 6.61 Å². The summed E-state index contributed by atoms with van der Waals surface area (Å²) in [6.45, 7) is 4.40. The third-order valence-electron chi connectivity index (χ3n) is 3.78. The van der Waals surface area contributed by atoms with Crippen LogP contribution in [0.15, 0.2) is 34.4 Å². The van der Waals surface area contributed by atoms with Crippen LogP contribution in [-0.4, -0.2) is 28.8 Å². The minimum Gasteiger partial charge on any atom is -0.456 e. The van der Waals surface area contributed by atoms with Gasteiger partial charge in [-0.25, -0.2) is 0 Å². The lowest BCUT2D eigenvalue weighted by Crippen LogP contribution is -2.24. The monoisotopic (exact) mass is 376 g/mol. The molecule has 1 aromatic carbocycles. The SMILES string of the molecule is CC(=O)N[C@@H](C)c1ccc(C(=O)COC(=O)Cn2c(C)csc2=O)cc1. The summed E-state index contributed by atoms with van der Waals surface area (Å²) >= 11 is 1.01. The van der Waals surface area contributed by atoms with Gasteiger partial charge in [-0.2, -0.15) is 0 Å². The van der Waals surface area contributed by atoms with Crippen LogP contribution in [0.4, 0.5) is 0 Å². The van der Waals surface area contributed by atoms with Crippen LogP contribution in [0.25, 0.3) is 0 Å². The molecule has 26 heavy (non-hydrogen) atoms. The third-order valence-corrected chi connectivity index (χ3v) is 4.66. The largest absolute Gasteiger partial charge is 0.456 e. The van der Waals surface area contributed by atoms with E-state index in [9.17, 15) is 19.2 Å². The highest BCUT2D eigenvalue weighted by molar-refractivity contribution is 7.07. The molecule has 0 bridgehead atoms. The van der Waals surface area contributed by atoms with Gasteiger partial charge in [0.05, 0.1) is 6.04 Å². The van der Waals surface area contributed by atoms with Gasteiger partial charge in [-0.15, -0.1) is 0 Å². The van der Waals surface area contributed by atoms with E-state index in [0.717, 1.165) is 16.9 Å². The van der Waals surface area contributed by atoms with Crippen molar-refractivity contribution >= 4 is 29.0 Å². The van der Waals surface area contributed by atoms with Gasteiger partial charge in [-0.1, -0.05) is 35.6 Å². The summed E-state index contributed by atoms with van der Waals surface area (Å²) < 4.78 is 6.27. The number of nitrogens with zero attached hydrogens (tertiary/aromatic N) is 1. The lowest BCUT2D eigenvalue weighted by molar-refractivity contribution is -0.143. The van der Waals surface area contributed by atoms with Gasteiger partial charge in [-0.05, 0) is 19.4 Å². The lowest BCUT2D eigenvalue weighted by atomic mass is 10.0. The van der Waals surface area contributed by atoms with Crippen LogP contribution in [-0.2, 0) is 20.9 Å². The Morgan fingerprint density at radius 1 is 1.23 bits per heavy atom. The minimum absolute atomic E-state index is 0.135. The molecule has 1 amide bonds. The first kappa shape index (κ1) is 19.6. The van der Waals surface area contributed by atoms with Crippen LogP contribution >= 0.6 is 11.3 Å². The van der Waals surface area contributed by atoms with Crippen molar-refractivity contribution in [3.8, 4) is 0 Å². The Morgan fingerprint density at radius 3 is 2.42 bits per heavy atom. The Bertz CT molecular complexity index is 866. The molecule has 0 aliphatic carbocycles. The number of thiazole rings is 1. The third kappa shape index (κ3) is 5.13. The molecular formula is C18H20N2O5S. The van der Waals surface area contributed by atoms with E-state index in [0.29, 0.717) is 11.3 Å². The average molecular weight is 376 g/mol. The van der Waals surface area contributed by atoms with E-state index in [1.165, 1.54) is 11.5 Å². The summed E-state index contributed by atoms with van der Waals surface area (Å²) in [6, 6.07) is 6.56. The highest BCUT2D eigenvalue weighted by Crippen LogP contribution is 2.14. The van der Waals surface area contributed by atoms with Gasteiger partial charge in [0.1, 0.15) is 6.54 Å². The summed E-state index contributed by atoms with van der Waals surface area (Å²) in [5, 5.41) is 4.41. The highest BCUT2D eigenvalue weighted by atomic mass is 32.1. The number of rotatable bonds is 7. The summed E-state index contributed by atoms with van der Waals surface area (Å²) in [4.78, 5) is 46.4. The van der Waals surface area contributed by atoms with Gasteiger partial charge in [0.25, 0.3) is 0 Å². The number of benzene rings is 1. The van der Waals surface area contributed by atoms with Gasteiger partial charge >= 0.3 is 10.8 Å². The first-order chi connectivity index (χ1) is 12.3. The average Bonchev–Trinajstić information content (AvgIpc) is 2.91. The van der Waals surface area contributed by atoms with E-state index in [1.807, 2.05) is 6.92 Å². The van der Waals surface area contributed by atoms with Crippen molar-refractivity contribution in [1.29, 1.82) is 0 Å². The number of hydrogen-bond donors (Lipinski definition) is 1. The molecule has 0 saturated carbocycles. The Balaban J connectivity index is 1.90. The molecule has 0 unspecified atom stereocenters. The van der Waals surface area contributed by atoms with Crippen molar-refractivity contribution in [2.24, 2.45) is 0 Å². The molecule has 1 atom stereocenters. The second kappa shape index (κ2) is 8.57. The van der Waals surface area contributed by atoms with Crippen LogP contribution in [0.2, 0.25) is 0 Å². The molecule has 7 nitrogen and oxygen atoms in total. The van der Waals surface area contributed by atoms with Gasteiger partial charge in [-0.3, -0.25) is 23.7 Å². The van der Waals surface area contributed by atoms with E-state index in [4.69, 9.17) is 4.74 Å². The number of aromatic nitrogens is 1. The number of carbonyl (C=O) groups excluding carboxylic acids is 3. The van der Waals surface area contributed by atoms with Crippen molar-refractivity contribution < 1.29 is 19.1 Å². The van der Waals surface area contributed by atoms with Crippen LogP contribution in [0, 0.1) is 6.92 Å². The van der Waals surface area contributed by atoms with Crippen LogP contribution in [0.3, 0.4) is 0 Å². The van der Waals surface area contributed by atoms with E-state index in [1.54, 1.807) is 36.6 Å². The Hall–Kier alpha value is -2.74. The maximum Gasteiger partial charge on any atom is 0.326 e. The molecule has 1 N–H and O–H groups in total. The number of carbonyl (C=O) groups is 3. The van der Waals surface area contributed by atoms with Crippen LogP contribution in [0.5, 0.6) is 0 Å². The van der Waals surface area contributed by atoms with Crippen molar-refractivity contribution in [3.05, 3.63) is 56.1 Å². The summed E-state index contributed by atoms with van der Waals surface area (Å²) in [6.07, 6.45) is 0. The minimum atomic E-state index is -0.641. The molecule has 1 aromatic heterocycles. The maximum atomic E-state index is 12.1. The number of ketones is 1. The van der Waals surface area contributed by atoms with Gasteiger partial charge in [0, 0.05) is 23.6 Å². The Kier molecular flexibility index (Phi) is 6.46. The smallest absolute Gasteiger partial charge is 0.326 e. The molecule has 0 spiro atoms. The number of nitrogens with one attached hydrogen (secondary N) is 1. The fourth-order valence-corrected chi connectivity index (χ4v) is 3.08. The predicted octanol–water partition coefficient (Wildman–Crippen LogP) is 1.84. The predicted molar refractivity (Wildman–Crippen MR) is 97.3 cm³/mol. The van der Waals surface area contributed by atoms with Crippen molar-refractivity contribution in [1.82, 2.24) is 9.88 Å². The Morgan fingerprint density at radius 2 is 1.88 bits per heavy atom. The molecule has 0 radical (unpaired) electrons. The Labute approximate surface area is 154 Å². The molecule has 2 rings (SSSR count). The summed E-state index contributed by atoms with van der Waals surface area (Å²) in [5.74, 6) is -1.12. The van der Waals surface area contributed by atoms with Gasteiger partial charge < -0.3 is 10.1 Å². The fourth-order valence-electron chi connectivity index (χ4n) is 2.35. The number of amides is 1. The van der Waals surface area contributed by atoms with Crippen molar-refractivity contribution in [3.63, 3.8) is 0 Å². The lowest BCUT2D eigenvalue weighted by Gasteiger charge is -2.13. The second-order valence-electron chi connectivity index (χ2n) is 5.86. The maximum absolute atomic E-state index is 12.1. The fraction of sp³-hybridized carbons (Fsp3) is 0.333. The first-order valence-corrected chi connectivity index (χ1v) is 8.86. The normalized spacial score (nSPS) is 11.7. The van der Waals surface area contributed by atoms with E-state index < -0.39 is 12.6 Å². The van der Waals surface area contributed by atoms with E-state index in [-0.39, 0.29) is 29.1 Å². The molecule has 1 heterocycles. The van der Waals surface area contributed by atoms with Crippen LogP contribution < -0.4 is 10.2 Å². The number of esters is 1. The zero-order valence-corrected chi connectivity index (χ0v) is 15.6. The standard InChI is InChI=1S/C18H20N2O5S/c1-11-10-26-18(24)20(11)8-17(23)25-9-16(22)15-6-4-14(5-7-15)12(2)19-13(3)21/h4-7,10,12H,8-9H2,1-3H3,(H,19,21)/t12-/m0/s1. The number of ether oxygens (including phenoxy) is 1. The molecule has 0 fully saturated rings. The zero-order chi connectivity index (χ0) is 19.3. The zero-order valence-electron chi connectivity index (χ0n) is 14.8. The van der Waals surface area contributed by atoms with Crippen LogP contribution in [0.1, 0.15) is 41.5 Å². The quantitative estimate of drug-likeness (QED) is 0.588. The molecule has 0 aliphatic rings. The molecular weight excluding hydrogens is 356 g/mol. The molecule has 8 heteroatoms. The first-order valence-electron chi connectivity index (χ1n) is 7.98.